The highest BCUT2D eigenvalue weighted by Crippen LogP contribution is 2.33. The van der Waals surface area contributed by atoms with Crippen molar-refractivity contribution in [2.45, 2.75) is 12.8 Å². The number of nitrogens with one attached hydrogen (secondary N) is 1. The van der Waals surface area contributed by atoms with Gasteiger partial charge in [-0.1, -0.05) is 60.4 Å². The number of carbonyl (C=O) groups is 1. The average Bonchev–Trinajstić information content (AvgIpc) is 3.08. The average molecular weight is 467 g/mol. The van der Waals surface area contributed by atoms with Crippen molar-refractivity contribution in [3.05, 3.63) is 81.1 Å². The molecule has 32 heavy (non-hydrogen) atoms. The maximum Gasteiger partial charge on any atom is 0.267 e. The van der Waals surface area contributed by atoms with Crippen molar-refractivity contribution in [1.82, 2.24) is 14.3 Å². The van der Waals surface area contributed by atoms with Gasteiger partial charge in [-0.15, -0.1) is 0 Å². The topological polar surface area (TPSA) is 86.9 Å². The first-order chi connectivity index (χ1) is 15.6. The standard InChI is InChI=1S/C23H22N4O3S2/c28-14-6-11-24-20-17(21(29)26-12-5-4-9-19(26)25-20)15-18-22(30)27(23(31)32-18)13-10-16-7-2-1-3-8-16/h1-5,7-9,12,15,24,28H,6,10-11,13-14H2/b18-15+. The Balaban J connectivity index is 1.64. The largest absolute Gasteiger partial charge is 0.396 e. The van der Waals surface area contributed by atoms with Crippen molar-refractivity contribution in [3.63, 3.8) is 0 Å². The van der Waals surface area contributed by atoms with Crippen LogP contribution in [0.1, 0.15) is 17.5 Å². The van der Waals surface area contributed by atoms with E-state index >= 15 is 0 Å². The third-order valence-electron chi connectivity index (χ3n) is 5.01. The molecule has 0 bridgehead atoms. The molecule has 0 aliphatic carbocycles. The number of pyridine rings is 1. The number of nitrogens with zero attached hydrogens (tertiary/aromatic N) is 3. The maximum absolute atomic E-state index is 13.2. The van der Waals surface area contributed by atoms with Gasteiger partial charge in [0.1, 0.15) is 15.8 Å². The van der Waals surface area contributed by atoms with E-state index in [4.69, 9.17) is 17.3 Å². The van der Waals surface area contributed by atoms with Gasteiger partial charge in [-0.25, -0.2) is 4.98 Å². The molecule has 0 radical (unpaired) electrons. The van der Waals surface area contributed by atoms with E-state index in [1.165, 1.54) is 16.2 Å². The second-order valence-corrected chi connectivity index (χ2v) is 8.86. The van der Waals surface area contributed by atoms with Crippen molar-refractivity contribution in [2.24, 2.45) is 0 Å². The van der Waals surface area contributed by atoms with E-state index in [2.05, 4.69) is 10.3 Å². The lowest BCUT2D eigenvalue weighted by atomic mass is 10.1. The van der Waals surface area contributed by atoms with Crippen molar-refractivity contribution in [3.8, 4) is 0 Å². The van der Waals surface area contributed by atoms with Crippen LogP contribution in [0.25, 0.3) is 11.7 Å². The van der Waals surface area contributed by atoms with Crippen LogP contribution in [0, 0.1) is 0 Å². The van der Waals surface area contributed by atoms with Crippen LogP contribution < -0.4 is 10.9 Å². The first kappa shape index (κ1) is 22.2. The van der Waals surface area contributed by atoms with E-state index in [1.54, 1.807) is 35.4 Å². The molecular weight excluding hydrogens is 444 g/mol. The fourth-order valence-electron chi connectivity index (χ4n) is 3.36. The summed E-state index contributed by atoms with van der Waals surface area (Å²) in [6.07, 6.45) is 4.41. The summed E-state index contributed by atoms with van der Waals surface area (Å²) >= 11 is 6.63. The third-order valence-corrected chi connectivity index (χ3v) is 6.39. The van der Waals surface area contributed by atoms with E-state index in [0.29, 0.717) is 46.6 Å². The van der Waals surface area contributed by atoms with Crippen LogP contribution >= 0.6 is 24.0 Å². The van der Waals surface area contributed by atoms with Crippen LogP contribution in [0.3, 0.4) is 0 Å². The van der Waals surface area contributed by atoms with Crippen molar-refractivity contribution in [1.29, 1.82) is 0 Å². The number of aliphatic hydroxyl groups excluding tert-OH is 1. The molecule has 1 amide bonds. The molecule has 2 aromatic heterocycles. The number of rotatable bonds is 8. The van der Waals surface area contributed by atoms with Crippen LogP contribution in [0.2, 0.25) is 0 Å². The summed E-state index contributed by atoms with van der Waals surface area (Å²) in [5, 5.41) is 12.2. The van der Waals surface area contributed by atoms with Crippen LogP contribution in [-0.4, -0.2) is 49.3 Å². The Labute approximate surface area is 194 Å². The predicted octanol–water partition coefficient (Wildman–Crippen LogP) is 2.93. The monoisotopic (exact) mass is 466 g/mol. The zero-order valence-corrected chi connectivity index (χ0v) is 18.9. The van der Waals surface area contributed by atoms with Gasteiger partial charge in [0.25, 0.3) is 11.5 Å². The van der Waals surface area contributed by atoms with Gasteiger partial charge in [-0.3, -0.25) is 18.9 Å². The maximum atomic E-state index is 13.2. The number of anilines is 1. The first-order valence-corrected chi connectivity index (χ1v) is 11.5. The molecule has 3 heterocycles. The lowest BCUT2D eigenvalue weighted by molar-refractivity contribution is -0.122. The second kappa shape index (κ2) is 10.1. The summed E-state index contributed by atoms with van der Waals surface area (Å²) in [4.78, 5) is 32.7. The van der Waals surface area contributed by atoms with Crippen molar-refractivity contribution >= 4 is 51.7 Å². The molecule has 0 unspecified atom stereocenters. The molecule has 0 spiro atoms. The summed E-state index contributed by atoms with van der Waals surface area (Å²) in [5.41, 5.74) is 1.63. The molecule has 3 aromatic rings. The van der Waals surface area contributed by atoms with Gasteiger partial charge in [-0.05, 0) is 36.6 Å². The highest BCUT2D eigenvalue weighted by molar-refractivity contribution is 8.26. The van der Waals surface area contributed by atoms with Crippen LogP contribution in [0.15, 0.2) is 64.4 Å². The number of thioether (sulfide) groups is 1. The molecule has 4 rings (SSSR count). The van der Waals surface area contributed by atoms with Crippen LogP contribution in [-0.2, 0) is 11.2 Å². The van der Waals surface area contributed by atoms with Crippen LogP contribution in [0.5, 0.6) is 0 Å². The molecule has 1 aliphatic heterocycles. The van der Waals surface area contributed by atoms with Gasteiger partial charge in [0.05, 0.1) is 10.5 Å². The molecule has 164 valence electrons. The zero-order valence-electron chi connectivity index (χ0n) is 17.2. The highest BCUT2D eigenvalue weighted by Gasteiger charge is 2.32. The summed E-state index contributed by atoms with van der Waals surface area (Å²) in [6.45, 7) is 0.947. The number of hydrogen-bond acceptors (Lipinski definition) is 7. The van der Waals surface area contributed by atoms with E-state index in [0.717, 1.165) is 5.56 Å². The number of aromatic nitrogens is 2. The molecule has 7 nitrogen and oxygen atoms in total. The summed E-state index contributed by atoms with van der Waals surface area (Å²) in [5.74, 6) is 0.166. The Morgan fingerprint density at radius 3 is 2.69 bits per heavy atom. The molecule has 1 aliphatic rings. The van der Waals surface area contributed by atoms with Gasteiger partial charge in [0, 0.05) is 25.9 Å². The molecule has 9 heteroatoms. The van der Waals surface area contributed by atoms with Gasteiger partial charge in [0.15, 0.2) is 0 Å². The second-order valence-electron chi connectivity index (χ2n) is 7.18. The lowest BCUT2D eigenvalue weighted by Crippen LogP contribution is -2.30. The number of amides is 1. The van der Waals surface area contributed by atoms with Crippen molar-refractivity contribution in [2.75, 3.05) is 25.0 Å². The van der Waals surface area contributed by atoms with E-state index in [9.17, 15) is 9.59 Å². The predicted molar refractivity (Wildman–Crippen MR) is 132 cm³/mol. The van der Waals surface area contributed by atoms with E-state index in [-0.39, 0.29) is 23.6 Å². The molecule has 0 atom stereocenters. The number of thiocarbonyl (C=S) groups is 1. The molecule has 0 saturated carbocycles. The fraction of sp³-hybridized carbons (Fsp3) is 0.217. The number of fused-ring (bicyclic) bond motifs is 1. The number of benzene rings is 1. The lowest BCUT2D eigenvalue weighted by Gasteiger charge is -2.14. The fourth-order valence-corrected chi connectivity index (χ4v) is 4.65. The quantitative estimate of drug-likeness (QED) is 0.300. The molecular formula is C23H22N4O3S2. The normalized spacial score (nSPS) is 15.2. The summed E-state index contributed by atoms with van der Waals surface area (Å²) in [6, 6.07) is 15.2. The minimum Gasteiger partial charge on any atom is -0.396 e. The highest BCUT2D eigenvalue weighted by atomic mass is 32.2. The van der Waals surface area contributed by atoms with E-state index < -0.39 is 0 Å². The molecule has 2 N–H and O–H groups in total. The van der Waals surface area contributed by atoms with Gasteiger partial charge < -0.3 is 10.4 Å². The third kappa shape index (κ3) is 4.74. The Morgan fingerprint density at radius 1 is 1.12 bits per heavy atom. The zero-order chi connectivity index (χ0) is 22.5. The Hall–Kier alpha value is -3.01. The molecule has 1 saturated heterocycles. The van der Waals surface area contributed by atoms with Crippen molar-refractivity contribution < 1.29 is 9.90 Å². The smallest absolute Gasteiger partial charge is 0.267 e. The van der Waals surface area contributed by atoms with Gasteiger partial charge in [0.2, 0.25) is 0 Å². The minimum atomic E-state index is -0.281. The SMILES string of the molecule is O=C1/C(=C\c2c(NCCCO)nc3ccccn3c2=O)SC(=S)N1CCc1ccccc1. The Morgan fingerprint density at radius 2 is 1.91 bits per heavy atom. The Kier molecular flexibility index (Phi) is 6.99. The first-order valence-electron chi connectivity index (χ1n) is 10.2. The number of hydrogen-bond donors (Lipinski definition) is 2. The summed E-state index contributed by atoms with van der Waals surface area (Å²) in [7, 11) is 0. The molecule has 1 fully saturated rings. The summed E-state index contributed by atoms with van der Waals surface area (Å²) < 4.78 is 1.92. The van der Waals surface area contributed by atoms with Gasteiger partial charge in [-0.2, -0.15) is 0 Å². The van der Waals surface area contributed by atoms with Crippen LogP contribution in [0.4, 0.5) is 5.82 Å². The van der Waals surface area contributed by atoms with E-state index in [1.807, 2.05) is 30.3 Å². The molecule has 1 aromatic carbocycles. The number of aliphatic hydroxyl groups is 1. The van der Waals surface area contributed by atoms with Gasteiger partial charge >= 0.3 is 0 Å². The Bertz CT molecular complexity index is 1240. The minimum absolute atomic E-state index is 0.0228. The number of carbonyl (C=O) groups excluding carboxylic acids is 1.